The van der Waals surface area contributed by atoms with Gasteiger partial charge in [-0.15, -0.1) is 0 Å². The van der Waals surface area contributed by atoms with Gasteiger partial charge in [0.05, 0.1) is 6.61 Å². The van der Waals surface area contributed by atoms with Crippen molar-refractivity contribution in [3.63, 3.8) is 0 Å². The second-order valence-electron chi connectivity index (χ2n) is 20.4. The quantitative estimate of drug-likeness (QED) is 0.121. The Morgan fingerprint density at radius 2 is 1.24 bits per heavy atom. The van der Waals surface area contributed by atoms with Gasteiger partial charge in [-0.25, -0.2) is 0 Å². The molecule has 0 aromatic carbocycles. The van der Waals surface area contributed by atoms with E-state index in [1.54, 1.807) is 0 Å². The van der Waals surface area contributed by atoms with E-state index in [0.717, 1.165) is 64.2 Å². The Bertz CT molecular complexity index is 1640. The van der Waals surface area contributed by atoms with Crippen molar-refractivity contribution in [1.82, 2.24) is 0 Å². The smallest absolute Gasteiger partial charge is 0.303 e. The standard InChI is InChI=1S/C46H70O12/c1-25(2)31-15-20-46(24-53-41-40(57-30(7)51)39(56-29(6)50)38(55-28(5)49)33(58-41)23-52-26(3)47)22-21-44(11)32(37(31)46)13-14-35-43(10)18-17-36(54-27(4)48)42(8,9)34(43)16-19-45(35,44)12/h31-41H,1,13-24H2,2-12H3/t31-,32+,33+,34-,35+,36-,37+,38+,39-,40+,41+,43-,44+,45+,46+/m0/s1. The summed E-state index contributed by atoms with van der Waals surface area (Å²) in [5.74, 6) is -0.711. The highest BCUT2D eigenvalue weighted by atomic mass is 16.7. The van der Waals surface area contributed by atoms with Crippen molar-refractivity contribution in [3.8, 4) is 0 Å². The number of fused-ring (bicyclic) bond motifs is 7. The van der Waals surface area contributed by atoms with Crippen LogP contribution in [-0.4, -0.2) is 79.9 Å². The van der Waals surface area contributed by atoms with E-state index in [2.05, 4.69) is 48.1 Å². The number of carbonyl (C=O) groups excluding carboxylic acids is 5. The lowest BCUT2D eigenvalue weighted by atomic mass is 9.32. The number of esters is 5. The van der Waals surface area contributed by atoms with Crippen molar-refractivity contribution < 1.29 is 57.1 Å². The van der Waals surface area contributed by atoms with Crippen molar-refractivity contribution >= 4 is 29.8 Å². The number of ether oxygens (including phenoxy) is 7. The van der Waals surface area contributed by atoms with Crippen molar-refractivity contribution in [3.05, 3.63) is 12.2 Å². The molecule has 12 heteroatoms. The second kappa shape index (κ2) is 16.1. The summed E-state index contributed by atoms with van der Waals surface area (Å²) in [5, 5.41) is 0. The van der Waals surface area contributed by atoms with E-state index in [1.807, 2.05) is 0 Å². The van der Waals surface area contributed by atoms with E-state index in [4.69, 9.17) is 33.2 Å². The monoisotopic (exact) mass is 814 g/mol. The highest BCUT2D eigenvalue weighted by Crippen LogP contribution is 2.77. The number of hydrogen-bond donors (Lipinski definition) is 0. The molecule has 0 bridgehead atoms. The maximum atomic E-state index is 12.6. The molecular formula is C46H70O12. The van der Waals surface area contributed by atoms with Crippen LogP contribution in [0, 0.1) is 56.7 Å². The fraction of sp³-hybridized carbons (Fsp3) is 0.848. The third kappa shape index (κ3) is 7.64. The third-order valence-corrected chi connectivity index (χ3v) is 17.0. The molecule has 15 atom stereocenters. The van der Waals surface area contributed by atoms with Crippen molar-refractivity contribution in [2.45, 2.75) is 177 Å². The SMILES string of the molecule is C=C(C)[C@@H]1CC[C@]2(CO[C@@H]3O[C@H](COC(C)=O)[C@@H](OC(C)=O)[C@H](OC(C)=O)[C@H]3OC(C)=O)CC[C@]3(C)[C@H](CC[C@@H]4[C@@]5(C)CC[C@H](OC(C)=O)C(C)(C)[C@@H]5CC[C@]43C)[C@@H]12. The van der Waals surface area contributed by atoms with E-state index >= 15 is 0 Å². The predicted octanol–water partition coefficient (Wildman–Crippen LogP) is 7.68. The Morgan fingerprint density at radius 1 is 0.621 bits per heavy atom. The van der Waals surface area contributed by atoms with Gasteiger partial charge in [-0.3, -0.25) is 24.0 Å². The van der Waals surface area contributed by atoms with Gasteiger partial charge in [-0.1, -0.05) is 46.8 Å². The number of allylic oxidation sites excluding steroid dienone is 1. The van der Waals surface area contributed by atoms with Gasteiger partial charge < -0.3 is 33.2 Å². The van der Waals surface area contributed by atoms with Gasteiger partial charge in [0.25, 0.3) is 0 Å². The maximum Gasteiger partial charge on any atom is 0.303 e. The normalized spacial score (nSPS) is 43.9. The Balaban J connectivity index is 1.31. The van der Waals surface area contributed by atoms with Gasteiger partial charge in [0.2, 0.25) is 0 Å². The molecule has 12 nitrogen and oxygen atoms in total. The van der Waals surface area contributed by atoms with Crippen molar-refractivity contribution in [1.29, 1.82) is 0 Å². The largest absolute Gasteiger partial charge is 0.463 e. The molecule has 1 heterocycles. The molecule has 6 fully saturated rings. The van der Waals surface area contributed by atoms with Crippen molar-refractivity contribution in [2.75, 3.05) is 13.2 Å². The summed E-state index contributed by atoms with van der Waals surface area (Å²) >= 11 is 0. The first kappa shape index (κ1) is 44.6. The zero-order valence-corrected chi connectivity index (χ0v) is 36.9. The molecule has 1 aliphatic heterocycles. The number of hydrogen-bond acceptors (Lipinski definition) is 12. The number of rotatable bonds is 10. The minimum Gasteiger partial charge on any atom is -0.463 e. The lowest BCUT2D eigenvalue weighted by Crippen LogP contribution is -2.67. The van der Waals surface area contributed by atoms with E-state index < -0.39 is 54.6 Å². The molecule has 326 valence electrons. The maximum absolute atomic E-state index is 12.6. The molecule has 5 saturated carbocycles. The molecule has 5 aliphatic carbocycles. The highest BCUT2D eigenvalue weighted by molar-refractivity contribution is 5.69. The summed E-state index contributed by atoms with van der Waals surface area (Å²) < 4.78 is 41.6. The first-order chi connectivity index (χ1) is 27.0. The summed E-state index contributed by atoms with van der Waals surface area (Å²) in [6.07, 6.45) is 4.30. The molecule has 6 rings (SSSR count). The molecule has 0 aromatic rings. The average Bonchev–Trinajstić information content (AvgIpc) is 3.50. The van der Waals surface area contributed by atoms with Crippen LogP contribution < -0.4 is 0 Å². The Labute approximate surface area is 345 Å². The molecule has 0 aromatic heterocycles. The summed E-state index contributed by atoms with van der Waals surface area (Å²) in [6, 6.07) is 0. The third-order valence-electron chi connectivity index (χ3n) is 17.0. The van der Waals surface area contributed by atoms with Crippen LogP contribution in [0.25, 0.3) is 0 Å². The molecule has 0 amide bonds. The Morgan fingerprint density at radius 3 is 1.84 bits per heavy atom. The first-order valence-electron chi connectivity index (χ1n) is 21.8. The van der Waals surface area contributed by atoms with Crippen LogP contribution in [-0.2, 0) is 57.1 Å². The minimum atomic E-state index is -1.28. The van der Waals surface area contributed by atoms with Gasteiger partial charge in [-0.05, 0) is 122 Å². The Kier molecular flexibility index (Phi) is 12.4. The molecule has 58 heavy (non-hydrogen) atoms. The van der Waals surface area contributed by atoms with Gasteiger partial charge >= 0.3 is 29.8 Å². The van der Waals surface area contributed by atoms with E-state index in [9.17, 15) is 24.0 Å². The lowest BCUT2D eigenvalue weighted by molar-refractivity contribution is -0.317. The van der Waals surface area contributed by atoms with Gasteiger partial charge in [0.15, 0.2) is 24.6 Å². The van der Waals surface area contributed by atoms with Crippen molar-refractivity contribution in [2.24, 2.45) is 56.7 Å². The highest BCUT2D eigenvalue weighted by Gasteiger charge is 2.71. The van der Waals surface area contributed by atoms with E-state index in [-0.39, 0.29) is 45.8 Å². The van der Waals surface area contributed by atoms with Crippen LogP contribution in [0.2, 0.25) is 0 Å². The van der Waals surface area contributed by atoms with Crippen LogP contribution in [0.4, 0.5) is 0 Å². The lowest BCUT2D eigenvalue weighted by Gasteiger charge is -2.73. The molecule has 1 saturated heterocycles. The van der Waals surface area contributed by atoms with Crippen LogP contribution in [0.3, 0.4) is 0 Å². The minimum absolute atomic E-state index is 0.0631. The van der Waals surface area contributed by atoms with Crippen LogP contribution >= 0.6 is 0 Å². The van der Waals surface area contributed by atoms with Gasteiger partial charge in [-0.2, -0.15) is 0 Å². The zero-order valence-electron chi connectivity index (χ0n) is 36.9. The van der Waals surface area contributed by atoms with E-state index in [1.165, 1.54) is 40.2 Å². The topological polar surface area (TPSA) is 150 Å². The first-order valence-corrected chi connectivity index (χ1v) is 21.8. The number of carbonyl (C=O) groups is 5. The summed E-state index contributed by atoms with van der Waals surface area (Å²) in [4.78, 5) is 61.5. The molecule has 0 spiro atoms. The average molecular weight is 815 g/mol. The van der Waals surface area contributed by atoms with Crippen LogP contribution in [0.1, 0.15) is 140 Å². The summed E-state index contributed by atoms with van der Waals surface area (Å²) in [5.41, 5.74) is 1.18. The second-order valence-corrected chi connectivity index (χ2v) is 20.4. The summed E-state index contributed by atoms with van der Waals surface area (Å²) in [7, 11) is 0. The predicted molar refractivity (Wildman–Crippen MR) is 212 cm³/mol. The molecule has 0 N–H and O–H groups in total. The molecule has 0 unspecified atom stereocenters. The van der Waals surface area contributed by atoms with E-state index in [0.29, 0.717) is 36.2 Å². The van der Waals surface area contributed by atoms with Gasteiger partial charge in [0.1, 0.15) is 18.8 Å². The molecule has 0 radical (unpaired) electrons. The molecular weight excluding hydrogens is 744 g/mol. The summed E-state index contributed by atoms with van der Waals surface area (Å²) in [6.45, 7) is 25.6. The molecule has 6 aliphatic rings. The van der Waals surface area contributed by atoms with Gasteiger partial charge in [0, 0.05) is 40.0 Å². The fourth-order valence-corrected chi connectivity index (χ4v) is 14.5. The van der Waals surface area contributed by atoms with Crippen LogP contribution in [0.15, 0.2) is 12.2 Å². The zero-order chi connectivity index (χ0) is 42.7. The Hall–Kier alpha value is -2.99. The van der Waals surface area contributed by atoms with Crippen LogP contribution in [0.5, 0.6) is 0 Å². The fourth-order valence-electron chi connectivity index (χ4n) is 14.5.